The molecule has 3 rings (SSSR count). The highest BCUT2D eigenvalue weighted by atomic mass is 19.4. The van der Waals surface area contributed by atoms with E-state index in [1.807, 2.05) is 31.2 Å². The van der Waals surface area contributed by atoms with Crippen LogP contribution in [0.1, 0.15) is 35.3 Å². The molecule has 2 N–H and O–H groups in total. The van der Waals surface area contributed by atoms with E-state index in [0.717, 1.165) is 24.1 Å². The summed E-state index contributed by atoms with van der Waals surface area (Å²) < 4.78 is 44.1. The van der Waals surface area contributed by atoms with Crippen LogP contribution in [0.3, 0.4) is 0 Å². The molecule has 5 nitrogen and oxygen atoms in total. The van der Waals surface area contributed by atoms with Crippen molar-refractivity contribution in [1.29, 1.82) is 0 Å². The Morgan fingerprint density at radius 3 is 2.18 bits per heavy atom. The van der Waals surface area contributed by atoms with Gasteiger partial charge >= 0.3 is 6.18 Å². The zero-order chi connectivity index (χ0) is 24.0. The molecule has 0 radical (unpaired) electrons. The average Bonchev–Trinajstić information content (AvgIpc) is 2.79. The number of hydrogen-bond donors (Lipinski definition) is 2. The third-order valence-corrected chi connectivity index (χ3v) is 4.88. The van der Waals surface area contributed by atoms with Crippen LogP contribution < -0.4 is 15.4 Å². The van der Waals surface area contributed by atoms with Gasteiger partial charge in [-0.1, -0.05) is 25.1 Å². The Morgan fingerprint density at radius 1 is 0.909 bits per heavy atom. The Hall–Kier alpha value is -3.81. The summed E-state index contributed by atoms with van der Waals surface area (Å²) in [6, 6.07) is 17.9. The van der Waals surface area contributed by atoms with Crippen molar-refractivity contribution in [2.24, 2.45) is 0 Å². The number of nitrogens with one attached hydrogen (secondary N) is 2. The van der Waals surface area contributed by atoms with Crippen LogP contribution in [-0.2, 0) is 17.4 Å². The largest absolute Gasteiger partial charge is 0.481 e. The van der Waals surface area contributed by atoms with Gasteiger partial charge in [0, 0.05) is 16.9 Å². The minimum absolute atomic E-state index is 0.0346. The highest BCUT2D eigenvalue weighted by Crippen LogP contribution is 2.30. The number of rotatable bonds is 7. The summed E-state index contributed by atoms with van der Waals surface area (Å²) in [5, 5.41) is 5.22. The van der Waals surface area contributed by atoms with Crippen molar-refractivity contribution in [3.8, 4) is 5.75 Å². The van der Waals surface area contributed by atoms with E-state index < -0.39 is 23.8 Å². The number of carbonyl (C=O) groups is 2. The fourth-order valence-electron chi connectivity index (χ4n) is 2.99. The molecule has 0 heterocycles. The molecule has 0 spiro atoms. The van der Waals surface area contributed by atoms with Crippen LogP contribution in [0.15, 0.2) is 72.8 Å². The summed E-state index contributed by atoms with van der Waals surface area (Å²) in [5.74, 6) is -0.526. The predicted molar refractivity (Wildman–Crippen MR) is 120 cm³/mol. The van der Waals surface area contributed by atoms with Crippen molar-refractivity contribution < 1.29 is 27.5 Å². The summed E-state index contributed by atoms with van der Waals surface area (Å²) in [4.78, 5) is 24.7. The molecule has 0 saturated carbocycles. The number of amides is 2. The highest BCUT2D eigenvalue weighted by Gasteiger charge is 2.30. The predicted octanol–water partition coefficient (Wildman–Crippen LogP) is 5.93. The van der Waals surface area contributed by atoms with E-state index in [-0.39, 0.29) is 17.2 Å². The molecule has 0 fully saturated rings. The maximum atomic E-state index is 12.8. The molecule has 3 aromatic rings. The Morgan fingerprint density at radius 2 is 1.58 bits per heavy atom. The lowest BCUT2D eigenvalue weighted by atomic mass is 10.1. The first-order valence-corrected chi connectivity index (χ1v) is 10.3. The van der Waals surface area contributed by atoms with Crippen LogP contribution in [0.5, 0.6) is 5.75 Å². The van der Waals surface area contributed by atoms with Crippen molar-refractivity contribution >= 4 is 23.2 Å². The molecule has 2 amide bonds. The Bertz CT molecular complexity index is 1110. The Labute approximate surface area is 189 Å². The van der Waals surface area contributed by atoms with E-state index in [2.05, 4.69) is 10.6 Å². The first-order chi connectivity index (χ1) is 15.7. The Balaban J connectivity index is 1.57. The molecule has 0 aliphatic rings. The molecule has 0 aromatic heterocycles. The SMILES string of the molecule is CCc1ccc(NC(=O)C(C)Oc2ccc(C(=O)Nc3cccc(C(F)(F)F)c3)cc2)cc1. The second kappa shape index (κ2) is 10.2. The van der Waals surface area contributed by atoms with Gasteiger partial charge in [-0.05, 0) is 73.5 Å². The van der Waals surface area contributed by atoms with E-state index >= 15 is 0 Å². The van der Waals surface area contributed by atoms with Crippen LogP contribution in [0, 0.1) is 0 Å². The third kappa shape index (κ3) is 6.58. The van der Waals surface area contributed by atoms with Gasteiger partial charge in [0.1, 0.15) is 5.75 Å². The minimum atomic E-state index is -4.50. The van der Waals surface area contributed by atoms with Crippen LogP contribution >= 0.6 is 0 Å². The van der Waals surface area contributed by atoms with E-state index in [4.69, 9.17) is 4.74 Å². The van der Waals surface area contributed by atoms with Gasteiger partial charge in [-0.3, -0.25) is 9.59 Å². The zero-order valence-corrected chi connectivity index (χ0v) is 18.1. The standard InChI is InChI=1S/C25H23F3N2O3/c1-3-17-7-11-20(12-8-17)29-23(31)16(2)33-22-13-9-18(10-14-22)24(32)30-21-6-4-5-19(15-21)25(26,27)28/h4-16H,3H2,1-2H3,(H,29,31)(H,30,32). The molecular weight excluding hydrogens is 433 g/mol. The molecule has 1 atom stereocenters. The number of halogens is 3. The second-order valence-corrected chi connectivity index (χ2v) is 7.36. The molecule has 0 saturated heterocycles. The van der Waals surface area contributed by atoms with Crippen LogP contribution in [-0.4, -0.2) is 17.9 Å². The van der Waals surface area contributed by atoms with Crippen molar-refractivity contribution in [2.75, 3.05) is 10.6 Å². The Kier molecular flexibility index (Phi) is 7.37. The number of aryl methyl sites for hydroxylation is 1. The lowest BCUT2D eigenvalue weighted by Crippen LogP contribution is -2.30. The molecule has 3 aromatic carbocycles. The fraction of sp³-hybridized carbons (Fsp3) is 0.200. The summed E-state index contributed by atoms with van der Waals surface area (Å²) >= 11 is 0. The summed E-state index contributed by atoms with van der Waals surface area (Å²) in [6.07, 6.45) is -4.38. The molecule has 0 bridgehead atoms. The maximum Gasteiger partial charge on any atom is 0.416 e. The maximum absolute atomic E-state index is 12.8. The van der Waals surface area contributed by atoms with Crippen molar-refractivity contribution in [3.05, 3.63) is 89.5 Å². The van der Waals surface area contributed by atoms with Gasteiger partial charge in [0.2, 0.25) is 0 Å². The third-order valence-electron chi connectivity index (χ3n) is 4.88. The second-order valence-electron chi connectivity index (χ2n) is 7.36. The van der Waals surface area contributed by atoms with E-state index in [1.165, 1.54) is 36.4 Å². The molecule has 0 aliphatic carbocycles. The quantitative estimate of drug-likeness (QED) is 0.463. The zero-order valence-electron chi connectivity index (χ0n) is 18.1. The molecule has 172 valence electrons. The fourth-order valence-corrected chi connectivity index (χ4v) is 2.99. The highest BCUT2D eigenvalue weighted by molar-refractivity contribution is 6.04. The number of anilines is 2. The van der Waals surface area contributed by atoms with Gasteiger partial charge in [0.15, 0.2) is 6.10 Å². The lowest BCUT2D eigenvalue weighted by Gasteiger charge is -2.15. The first kappa shape index (κ1) is 23.8. The van der Waals surface area contributed by atoms with Crippen LogP contribution in [0.25, 0.3) is 0 Å². The molecule has 1 unspecified atom stereocenters. The van der Waals surface area contributed by atoms with Gasteiger partial charge in [0.05, 0.1) is 5.56 Å². The summed E-state index contributed by atoms with van der Waals surface area (Å²) in [7, 11) is 0. The van der Waals surface area contributed by atoms with E-state index in [1.54, 1.807) is 6.92 Å². The molecule has 33 heavy (non-hydrogen) atoms. The van der Waals surface area contributed by atoms with E-state index in [0.29, 0.717) is 11.4 Å². The van der Waals surface area contributed by atoms with Crippen molar-refractivity contribution in [1.82, 2.24) is 0 Å². The van der Waals surface area contributed by atoms with Crippen LogP contribution in [0.4, 0.5) is 24.5 Å². The number of ether oxygens (including phenoxy) is 1. The van der Waals surface area contributed by atoms with Crippen molar-refractivity contribution in [3.63, 3.8) is 0 Å². The topological polar surface area (TPSA) is 67.4 Å². The smallest absolute Gasteiger partial charge is 0.416 e. The minimum Gasteiger partial charge on any atom is -0.481 e. The lowest BCUT2D eigenvalue weighted by molar-refractivity contribution is -0.137. The normalized spacial score (nSPS) is 12.0. The van der Waals surface area contributed by atoms with Gasteiger partial charge < -0.3 is 15.4 Å². The van der Waals surface area contributed by atoms with Gasteiger partial charge in [-0.15, -0.1) is 0 Å². The number of benzene rings is 3. The van der Waals surface area contributed by atoms with Crippen LogP contribution in [0.2, 0.25) is 0 Å². The molecule has 0 aliphatic heterocycles. The van der Waals surface area contributed by atoms with E-state index in [9.17, 15) is 22.8 Å². The first-order valence-electron chi connectivity index (χ1n) is 10.3. The number of carbonyl (C=O) groups excluding carboxylic acids is 2. The van der Waals surface area contributed by atoms with Gasteiger partial charge in [-0.2, -0.15) is 13.2 Å². The average molecular weight is 456 g/mol. The monoisotopic (exact) mass is 456 g/mol. The van der Waals surface area contributed by atoms with Gasteiger partial charge in [-0.25, -0.2) is 0 Å². The number of hydrogen-bond acceptors (Lipinski definition) is 3. The summed E-state index contributed by atoms with van der Waals surface area (Å²) in [6.45, 7) is 3.65. The van der Waals surface area contributed by atoms with Gasteiger partial charge in [0.25, 0.3) is 11.8 Å². The summed E-state index contributed by atoms with van der Waals surface area (Å²) in [5.41, 5.74) is 1.24. The van der Waals surface area contributed by atoms with Crippen molar-refractivity contribution in [2.45, 2.75) is 32.5 Å². The number of alkyl halides is 3. The molecular formula is C25H23F3N2O3. The molecule has 8 heteroatoms.